The van der Waals surface area contributed by atoms with Gasteiger partial charge in [0, 0.05) is 7.05 Å². The third-order valence-corrected chi connectivity index (χ3v) is 3.21. The minimum absolute atomic E-state index is 0.337. The Labute approximate surface area is 111 Å². The van der Waals surface area contributed by atoms with Crippen LogP contribution in [-0.4, -0.2) is 9.55 Å². The molecular weight excluding hydrogens is 251 g/mol. The summed E-state index contributed by atoms with van der Waals surface area (Å²) >= 11 is 6.07. The minimum atomic E-state index is -0.369. The molecule has 0 aliphatic rings. The number of aryl methyl sites for hydroxylation is 1. The van der Waals surface area contributed by atoms with Crippen LogP contribution in [0.1, 0.15) is 19.0 Å². The van der Waals surface area contributed by atoms with Crippen molar-refractivity contribution >= 4 is 17.2 Å². The van der Waals surface area contributed by atoms with Crippen molar-refractivity contribution in [1.82, 2.24) is 9.55 Å². The zero-order valence-electron chi connectivity index (χ0n) is 10.4. The predicted molar refractivity (Wildman–Crippen MR) is 72.9 cm³/mol. The molecule has 0 N–H and O–H groups in total. The van der Waals surface area contributed by atoms with Gasteiger partial charge in [-0.3, -0.25) is 0 Å². The molecule has 2 nitrogen and oxygen atoms in total. The first-order chi connectivity index (χ1) is 8.56. The second-order valence-corrected chi connectivity index (χ2v) is 4.51. The molecule has 4 heteroatoms. The predicted octanol–water partition coefficient (Wildman–Crippen LogP) is 4.30. The fourth-order valence-electron chi connectivity index (χ4n) is 1.92. The monoisotopic (exact) mass is 264 g/mol. The highest BCUT2D eigenvalue weighted by Gasteiger charge is 2.18. The lowest BCUT2D eigenvalue weighted by Gasteiger charge is -2.09. The first kappa shape index (κ1) is 12.8. The molecule has 2 aromatic rings. The zero-order chi connectivity index (χ0) is 13.3. The maximum atomic E-state index is 13.9. The fourth-order valence-corrected chi connectivity index (χ4v) is 2.17. The van der Waals surface area contributed by atoms with Gasteiger partial charge in [-0.25, -0.2) is 9.37 Å². The van der Waals surface area contributed by atoms with E-state index in [1.165, 1.54) is 6.07 Å². The molecular formula is C14H14ClFN2. The molecule has 1 aromatic heterocycles. The highest BCUT2D eigenvalue weighted by molar-refractivity contribution is 6.33. The van der Waals surface area contributed by atoms with Crippen LogP contribution in [0.4, 0.5) is 4.39 Å². The van der Waals surface area contributed by atoms with Crippen LogP contribution in [0.2, 0.25) is 5.02 Å². The lowest BCUT2D eigenvalue weighted by atomic mass is 10.0. The lowest BCUT2D eigenvalue weighted by Crippen LogP contribution is -1.96. The molecule has 94 valence electrons. The number of hydrogen-bond donors (Lipinski definition) is 0. The number of aromatic nitrogens is 2. The van der Waals surface area contributed by atoms with E-state index in [0.717, 1.165) is 17.7 Å². The van der Waals surface area contributed by atoms with Crippen molar-refractivity contribution in [3.8, 4) is 11.3 Å². The van der Waals surface area contributed by atoms with Gasteiger partial charge >= 0.3 is 0 Å². The lowest BCUT2D eigenvalue weighted by molar-refractivity contribution is 0.631. The topological polar surface area (TPSA) is 17.8 Å². The molecule has 0 amide bonds. The highest BCUT2D eigenvalue weighted by atomic mass is 35.5. The Bertz CT molecular complexity index is 582. The smallest absolute Gasteiger partial charge is 0.134 e. The molecule has 1 aromatic carbocycles. The maximum absolute atomic E-state index is 13.9. The number of benzene rings is 1. The van der Waals surface area contributed by atoms with E-state index in [1.807, 2.05) is 18.5 Å². The Hall–Kier alpha value is -1.61. The van der Waals surface area contributed by atoms with Gasteiger partial charge < -0.3 is 4.57 Å². The van der Waals surface area contributed by atoms with Crippen molar-refractivity contribution in [2.75, 3.05) is 0 Å². The third-order valence-electron chi connectivity index (χ3n) is 2.90. The summed E-state index contributed by atoms with van der Waals surface area (Å²) in [5, 5.41) is 0.360. The Balaban J connectivity index is 2.69. The third kappa shape index (κ3) is 2.06. The van der Waals surface area contributed by atoms with Gasteiger partial charge in [0.1, 0.15) is 11.5 Å². The van der Waals surface area contributed by atoms with Gasteiger partial charge in [0.25, 0.3) is 0 Å². The van der Waals surface area contributed by atoms with Gasteiger partial charge in [-0.15, -0.1) is 0 Å². The second kappa shape index (κ2) is 4.94. The summed E-state index contributed by atoms with van der Waals surface area (Å²) in [7, 11) is 1.86. The average molecular weight is 265 g/mol. The van der Waals surface area contributed by atoms with Crippen LogP contribution in [-0.2, 0) is 7.05 Å². The summed E-state index contributed by atoms with van der Waals surface area (Å²) in [6.45, 7) is 6.00. The molecule has 0 saturated carbocycles. The number of nitrogens with zero attached hydrogens (tertiary/aromatic N) is 2. The van der Waals surface area contributed by atoms with Crippen molar-refractivity contribution < 1.29 is 4.39 Å². The first-order valence-corrected chi connectivity index (χ1v) is 6.07. The number of allylic oxidation sites excluding steroid dienone is 1. The van der Waals surface area contributed by atoms with Gasteiger partial charge in [0.05, 0.1) is 22.6 Å². The van der Waals surface area contributed by atoms with Crippen LogP contribution in [0.3, 0.4) is 0 Å². The number of rotatable bonds is 3. The van der Waals surface area contributed by atoms with Crippen LogP contribution in [0, 0.1) is 5.82 Å². The largest absolute Gasteiger partial charge is 0.334 e. The Kier molecular flexibility index (Phi) is 3.53. The Morgan fingerprint density at radius 1 is 1.50 bits per heavy atom. The first-order valence-electron chi connectivity index (χ1n) is 5.70. The standard InChI is InChI=1S/C14H14ClFN2/c1-4-9(2)14-13(17-8-18(14)3)12-10(15)6-5-7-11(12)16/h5-8H,2,4H2,1,3H3. The molecule has 0 bridgehead atoms. The number of halogens is 2. The molecule has 0 atom stereocenters. The normalized spacial score (nSPS) is 10.7. The summed E-state index contributed by atoms with van der Waals surface area (Å²) in [5.41, 5.74) is 2.62. The van der Waals surface area contributed by atoms with E-state index in [2.05, 4.69) is 11.6 Å². The Morgan fingerprint density at radius 3 is 2.83 bits per heavy atom. The summed E-state index contributed by atoms with van der Waals surface area (Å²) < 4.78 is 15.8. The van der Waals surface area contributed by atoms with Gasteiger partial charge in [-0.2, -0.15) is 0 Å². The molecule has 18 heavy (non-hydrogen) atoms. The summed E-state index contributed by atoms with van der Waals surface area (Å²) in [4.78, 5) is 4.25. The van der Waals surface area contributed by atoms with E-state index in [1.54, 1.807) is 18.5 Å². The summed E-state index contributed by atoms with van der Waals surface area (Å²) in [6.07, 6.45) is 2.42. The van der Waals surface area contributed by atoms with Crippen LogP contribution in [0.25, 0.3) is 16.8 Å². The quantitative estimate of drug-likeness (QED) is 0.808. The van der Waals surface area contributed by atoms with Crippen LogP contribution < -0.4 is 0 Å². The molecule has 0 saturated heterocycles. The number of hydrogen-bond acceptors (Lipinski definition) is 1. The van der Waals surface area contributed by atoms with Crippen LogP contribution >= 0.6 is 11.6 Å². The van der Waals surface area contributed by atoms with Gasteiger partial charge in [-0.05, 0) is 24.1 Å². The van der Waals surface area contributed by atoms with E-state index in [0.29, 0.717) is 16.3 Å². The van der Waals surface area contributed by atoms with Crippen molar-refractivity contribution in [2.45, 2.75) is 13.3 Å². The Morgan fingerprint density at radius 2 is 2.22 bits per heavy atom. The summed E-state index contributed by atoms with van der Waals surface area (Å²) in [6, 6.07) is 4.62. The summed E-state index contributed by atoms with van der Waals surface area (Å²) in [5.74, 6) is -0.369. The number of imidazole rings is 1. The molecule has 0 spiro atoms. The highest BCUT2D eigenvalue weighted by Crippen LogP contribution is 2.34. The van der Waals surface area contributed by atoms with E-state index < -0.39 is 0 Å². The van der Waals surface area contributed by atoms with Gasteiger partial charge in [0.2, 0.25) is 0 Å². The second-order valence-electron chi connectivity index (χ2n) is 4.11. The van der Waals surface area contributed by atoms with E-state index >= 15 is 0 Å². The van der Waals surface area contributed by atoms with Gasteiger partial charge in [0.15, 0.2) is 0 Å². The average Bonchev–Trinajstić information content (AvgIpc) is 2.70. The SMILES string of the molecule is C=C(CC)c1c(-c2c(F)cccc2Cl)ncn1C. The van der Waals surface area contributed by atoms with Crippen LogP contribution in [0.15, 0.2) is 31.1 Å². The zero-order valence-corrected chi connectivity index (χ0v) is 11.1. The van der Waals surface area contributed by atoms with E-state index in [-0.39, 0.29) is 5.82 Å². The van der Waals surface area contributed by atoms with Crippen molar-refractivity contribution in [2.24, 2.45) is 7.05 Å². The molecule has 2 rings (SSSR count). The van der Waals surface area contributed by atoms with Crippen molar-refractivity contribution in [3.05, 3.63) is 47.6 Å². The molecule has 0 fully saturated rings. The van der Waals surface area contributed by atoms with Crippen molar-refractivity contribution in [3.63, 3.8) is 0 Å². The molecule has 0 unspecified atom stereocenters. The van der Waals surface area contributed by atoms with E-state index in [4.69, 9.17) is 11.6 Å². The minimum Gasteiger partial charge on any atom is -0.334 e. The maximum Gasteiger partial charge on any atom is 0.134 e. The van der Waals surface area contributed by atoms with Crippen LogP contribution in [0.5, 0.6) is 0 Å². The van der Waals surface area contributed by atoms with Crippen molar-refractivity contribution in [1.29, 1.82) is 0 Å². The van der Waals surface area contributed by atoms with E-state index in [9.17, 15) is 4.39 Å². The molecule has 0 aliphatic carbocycles. The van der Waals surface area contributed by atoms with Gasteiger partial charge in [-0.1, -0.05) is 31.2 Å². The molecule has 1 heterocycles. The molecule has 0 radical (unpaired) electrons. The fraction of sp³-hybridized carbons (Fsp3) is 0.214. The molecule has 0 aliphatic heterocycles.